The molecule has 1 aliphatic rings. The molecule has 0 unspecified atom stereocenters. The number of rotatable bonds is 3. The van der Waals surface area contributed by atoms with Crippen molar-refractivity contribution in [3.63, 3.8) is 0 Å². The van der Waals surface area contributed by atoms with Gasteiger partial charge in [-0.2, -0.15) is 0 Å². The van der Waals surface area contributed by atoms with E-state index in [1.54, 1.807) is 0 Å². The fraction of sp³-hybridized carbons (Fsp3) is 0.200. The average molecular weight is 312 g/mol. The topological polar surface area (TPSA) is 21.3 Å². The van der Waals surface area contributed by atoms with Crippen LogP contribution < -0.4 is 10.1 Å². The summed E-state index contributed by atoms with van der Waals surface area (Å²) in [5.41, 5.74) is 2.86. The molecule has 0 aliphatic carbocycles. The fourth-order valence-electron chi connectivity index (χ4n) is 2.25. The van der Waals surface area contributed by atoms with E-state index in [0.717, 1.165) is 24.3 Å². The molecule has 5 heteroatoms. The van der Waals surface area contributed by atoms with Gasteiger partial charge in [-0.3, -0.25) is 0 Å². The number of hydrogen-bond donors (Lipinski definition) is 1. The number of nitrogens with one attached hydrogen (secondary N) is 1. The Morgan fingerprint density at radius 3 is 2.65 bits per heavy atom. The summed E-state index contributed by atoms with van der Waals surface area (Å²) in [7, 11) is 0. The van der Waals surface area contributed by atoms with Crippen molar-refractivity contribution in [1.29, 1.82) is 0 Å². The lowest BCUT2D eigenvalue weighted by Gasteiger charge is -2.11. The van der Waals surface area contributed by atoms with Crippen LogP contribution in [0.5, 0.6) is 5.75 Å². The standard InChI is InChI=1S/C15H12Cl2FNO/c16-12-6-11(18)7-13(17)15(12)19-8-9-1-2-14-10(5-9)3-4-20-14/h1-2,5-7,19H,3-4,8H2. The fourth-order valence-corrected chi connectivity index (χ4v) is 2.85. The van der Waals surface area contributed by atoms with Crippen LogP contribution in [0.1, 0.15) is 11.1 Å². The molecule has 2 aromatic rings. The minimum absolute atomic E-state index is 0.277. The number of anilines is 1. The Kier molecular flexibility index (Phi) is 3.72. The molecule has 20 heavy (non-hydrogen) atoms. The van der Waals surface area contributed by atoms with Crippen molar-refractivity contribution in [2.45, 2.75) is 13.0 Å². The van der Waals surface area contributed by atoms with Crippen LogP contribution >= 0.6 is 23.2 Å². The normalized spacial score (nSPS) is 12.9. The molecule has 0 atom stereocenters. The number of benzene rings is 2. The van der Waals surface area contributed by atoms with Crippen molar-refractivity contribution in [3.8, 4) is 5.75 Å². The molecule has 0 saturated carbocycles. The van der Waals surface area contributed by atoms with Crippen LogP contribution in [-0.2, 0) is 13.0 Å². The van der Waals surface area contributed by atoms with Gasteiger partial charge >= 0.3 is 0 Å². The Labute approximate surface area is 126 Å². The third-order valence-electron chi connectivity index (χ3n) is 3.23. The second-order valence-electron chi connectivity index (χ2n) is 4.64. The monoisotopic (exact) mass is 311 g/mol. The van der Waals surface area contributed by atoms with Gasteiger partial charge in [-0.25, -0.2) is 4.39 Å². The average Bonchev–Trinajstić information content (AvgIpc) is 2.84. The van der Waals surface area contributed by atoms with E-state index >= 15 is 0 Å². The predicted octanol–water partition coefficient (Wildman–Crippen LogP) is 4.68. The lowest BCUT2D eigenvalue weighted by atomic mass is 10.1. The van der Waals surface area contributed by atoms with E-state index in [0.29, 0.717) is 12.2 Å². The Bertz CT molecular complexity index is 637. The molecule has 0 fully saturated rings. The molecular weight excluding hydrogens is 300 g/mol. The summed E-state index contributed by atoms with van der Waals surface area (Å²) >= 11 is 12.0. The minimum Gasteiger partial charge on any atom is -0.493 e. The molecule has 1 heterocycles. The van der Waals surface area contributed by atoms with Gasteiger partial charge < -0.3 is 10.1 Å². The molecule has 1 aliphatic heterocycles. The van der Waals surface area contributed by atoms with Crippen molar-refractivity contribution in [1.82, 2.24) is 0 Å². The summed E-state index contributed by atoms with van der Waals surface area (Å²) in [6, 6.07) is 8.54. The first-order chi connectivity index (χ1) is 9.63. The number of halogens is 3. The van der Waals surface area contributed by atoms with Gasteiger partial charge in [0.05, 0.1) is 22.3 Å². The van der Waals surface area contributed by atoms with Gasteiger partial charge in [-0.1, -0.05) is 35.3 Å². The van der Waals surface area contributed by atoms with E-state index in [9.17, 15) is 4.39 Å². The van der Waals surface area contributed by atoms with Crippen molar-refractivity contribution in [3.05, 3.63) is 57.3 Å². The summed E-state index contributed by atoms with van der Waals surface area (Å²) in [6.07, 6.45) is 0.932. The highest BCUT2D eigenvalue weighted by Crippen LogP contribution is 2.32. The van der Waals surface area contributed by atoms with Crippen LogP contribution in [0.3, 0.4) is 0 Å². The Hall–Kier alpha value is -1.45. The highest BCUT2D eigenvalue weighted by Gasteiger charge is 2.13. The molecule has 0 bridgehead atoms. The van der Waals surface area contributed by atoms with E-state index in [2.05, 4.69) is 11.4 Å². The number of ether oxygens (including phenoxy) is 1. The smallest absolute Gasteiger partial charge is 0.126 e. The Morgan fingerprint density at radius 1 is 1.15 bits per heavy atom. The first-order valence-electron chi connectivity index (χ1n) is 6.26. The van der Waals surface area contributed by atoms with Gasteiger partial charge in [0.2, 0.25) is 0 Å². The Balaban J connectivity index is 1.77. The second-order valence-corrected chi connectivity index (χ2v) is 5.45. The minimum atomic E-state index is -0.444. The van der Waals surface area contributed by atoms with Crippen LogP contribution in [0.4, 0.5) is 10.1 Å². The van der Waals surface area contributed by atoms with Gasteiger partial charge in [-0.15, -0.1) is 0 Å². The quantitative estimate of drug-likeness (QED) is 0.888. The molecule has 0 aromatic heterocycles. The maximum absolute atomic E-state index is 13.1. The first-order valence-corrected chi connectivity index (χ1v) is 7.02. The second kappa shape index (κ2) is 5.51. The molecule has 2 aromatic carbocycles. The van der Waals surface area contributed by atoms with Crippen molar-refractivity contribution < 1.29 is 9.13 Å². The summed E-state index contributed by atoms with van der Waals surface area (Å²) < 4.78 is 18.6. The third kappa shape index (κ3) is 2.69. The van der Waals surface area contributed by atoms with Crippen molar-refractivity contribution >= 4 is 28.9 Å². The van der Waals surface area contributed by atoms with Gasteiger partial charge in [0.15, 0.2) is 0 Å². The number of hydrogen-bond acceptors (Lipinski definition) is 2. The zero-order valence-electron chi connectivity index (χ0n) is 10.6. The lowest BCUT2D eigenvalue weighted by Crippen LogP contribution is -2.01. The SMILES string of the molecule is Fc1cc(Cl)c(NCc2ccc3c(c2)CCO3)c(Cl)c1. The highest BCUT2D eigenvalue weighted by molar-refractivity contribution is 6.39. The predicted molar refractivity (Wildman–Crippen MR) is 79.4 cm³/mol. The van der Waals surface area contributed by atoms with Gasteiger partial charge in [-0.05, 0) is 29.3 Å². The maximum Gasteiger partial charge on any atom is 0.126 e. The van der Waals surface area contributed by atoms with Crippen LogP contribution in [0, 0.1) is 5.82 Å². The van der Waals surface area contributed by atoms with Gasteiger partial charge in [0, 0.05) is 13.0 Å². The summed E-state index contributed by atoms with van der Waals surface area (Å²) in [5, 5.41) is 3.70. The van der Waals surface area contributed by atoms with Crippen LogP contribution in [0.15, 0.2) is 30.3 Å². The maximum atomic E-state index is 13.1. The van der Waals surface area contributed by atoms with E-state index in [1.165, 1.54) is 17.7 Å². The first kappa shape index (κ1) is 13.5. The highest BCUT2D eigenvalue weighted by atomic mass is 35.5. The summed E-state index contributed by atoms with van der Waals surface area (Å²) in [5.74, 6) is 0.506. The summed E-state index contributed by atoms with van der Waals surface area (Å²) in [6.45, 7) is 1.31. The molecule has 0 amide bonds. The van der Waals surface area contributed by atoms with E-state index in [-0.39, 0.29) is 10.0 Å². The van der Waals surface area contributed by atoms with Crippen molar-refractivity contribution in [2.24, 2.45) is 0 Å². The molecule has 104 valence electrons. The zero-order valence-corrected chi connectivity index (χ0v) is 12.1. The van der Waals surface area contributed by atoms with Crippen LogP contribution in [0.25, 0.3) is 0 Å². The summed E-state index contributed by atoms with van der Waals surface area (Å²) in [4.78, 5) is 0. The number of fused-ring (bicyclic) bond motifs is 1. The molecule has 0 radical (unpaired) electrons. The molecule has 2 nitrogen and oxygen atoms in total. The van der Waals surface area contributed by atoms with E-state index in [4.69, 9.17) is 27.9 Å². The van der Waals surface area contributed by atoms with E-state index in [1.807, 2.05) is 12.1 Å². The van der Waals surface area contributed by atoms with Crippen LogP contribution in [-0.4, -0.2) is 6.61 Å². The van der Waals surface area contributed by atoms with Crippen LogP contribution in [0.2, 0.25) is 10.0 Å². The third-order valence-corrected chi connectivity index (χ3v) is 3.83. The molecule has 0 spiro atoms. The van der Waals surface area contributed by atoms with Crippen molar-refractivity contribution in [2.75, 3.05) is 11.9 Å². The Morgan fingerprint density at radius 2 is 1.90 bits per heavy atom. The molecule has 3 rings (SSSR count). The van der Waals surface area contributed by atoms with Gasteiger partial charge in [0.1, 0.15) is 11.6 Å². The van der Waals surface area contributed by atoms with Gasteiger partial charge in [0.25, 0.3) is 0 Å². The largest absolute Gasteiger partial charge is 0.493 e. The molecule has 1 N–H and O–H groups in total. The zero-order chi connectivity index (χ0) is 14.1. The molecular formula is C15H12Cl2FNO. The molecule has 0 saturated heterocycles. The lowest BCUT2D eigenvalue weighted by molar-refractivity contribution is 0.357. The van der Waals surface area contributed by atoms with E-state index < -0.39 is 5.82 Å².